The average Bonchev–Trinajstić information content (AvgIpc) is 3.21. The number of hydrogen-bond acceptors (Lipinski definition) is 5. The Bertz CT molecular complexity index is 773. The van der Waals surface area contributed by atoms with E-state index >= 15 is 0 Å². The molecule has 2 aliphatic heterocycles. The first kappa shape index (κ1) is 13.1. The minimum Gasteiger partial charge on any atom is -0.316 e. The Balaban J connectivity index is 1.96. The second kappa shape index (κ2) is 5.01. The van der Waals surface area contributed by atoms with Crippen LogP contribution in [0.5, 0.6) is 0 Å². The number of rotatable bonds is 2. The molecule has 7 heteroatoms. The maximum atomic E-state index is 14.6. The second-order valence-corrected chi connectivity index (χ2v) is 7.02. The lowest BCUT2D eigenvalue weighted by atomic mass is 10.0. The Kier molecular flexibility index (Phi) is 3.13. The van der Waals surface area contributed by atoms with Gasteiger partial charge in [-0.2, -0.15) is 0 Å². The smallest absolute Gasteiger partial charge is 0.185 e. The number of nitrogens with zero attached hydrogens (tertiary/aromatic N) is 1. The number of allylic oxidation sites excluding steroid dienone is 3. The lowest BCUT2D eigenvalue weighted by molar-refractivity contribution is 0.532. The number of halogens is 2. The molecule has 0 fully saturated rings. The molecule has 2 aliphatic rings. The molecule has 0 radical (unpaired) electrons. The van der Waals surface area contributed by atoms with E-state index in [9.17, 15) is 8.78 Å². The molecule has 106 valence electrons. The van der Waals surface area contributed by atoms with Crippen molar-refractivity contribution in [3.8, 4) is 0 Å². The van der Waals surface area contributed by atoms with Gasteiger partial charge >= 0.3 is 0 Å². The summed E-state index contributed by atoms with van der Waals surface area (Å²) in [4.78, 5) is 1.42. The van der Waals surface area contributed by atoms with Crippen LogP contribution in [-0.4, -0.2) is 4.31 Å². The molecule has 0 atom stereocenters. The van der Waals surface area contributed by atoms with Crippen LogP contribution in [0, 0.1) is 0 Å². The molecule has 4 rings (SSSR count). The van der Waals surface area contributed by atoms with E-state index in [4.69, 9.17) is 0 Å². The minimum absolute atomic E-state index is 0.268. The highest BCUT2D eigenvalue weighted by atomic mass is 32.2. The first-order valence-electron chi connectivity index (χ1n) is 6.08. The van der Waals surface area contributed by atoms with Crippen LogP contribution in [0.1, 0.15) is 9.75 Å². The van der Waals surface area contributed by atoms with Gasteiger partial charge in [-0.05, 0) is 22.9 Å². The van der Waals surface area contributed by atoms with E-state index in [0.717, 1.165) is 0 Å². The predicted octanol–water partition coefficient (Wildman–Crippen LogP) is 5.15. The Morgan fingerprint density at radius 3 is 2.33 bits per heavy atom. The van der Waals surface area contributed by atoms with E-state index in [-0.39, 0.29) is 5.70 Å². The van der Waals surface area contributed by atoms with Crippen molar-refractivity contribution in [3.63, 3.8) is 0 Å². The topological polar surface area (TPSA) is 15.3 Å². The molecule has 0 saturated carbocycles. The zero-order valence-corrected chi connectivity index (χ0v) is 12.9. The van der Waals surface area contributed by atoms with Gasteiger partial charge < -0.3 is 4.72 Å². The Morgan fingerprint density at radius 1 is 0.952 bits per heavy atom. The third-order valence-corrected chi connectivity index (χ3v) is 5.71. The lowest BCUT2D eigenvalue weighted by Crippen LogP contribution is -2.17. The monoisotopic (exact) mass is 338 g/mol. The fourth-order valence-corrected chi connectivity index (χ4v) is 4.64. The van der Waals surface area contributed by atoms with Crippen LogP contribution in [-0.2, 0) is 0 Å². The van der Waals surface area contributed by atoms with Crippen molar-refractivity contribution in [1.29, 1.82) is 0 Å². The fourth-order valence-electron chi connectivity index (χ4n) is 2.27. The SMILES string of the molecule is FC1=C(c2cccs2)C2=CNSN2C(c2cccs2)=C1F. The summed E-state index contributed by atoms with van der Waals surface area (Å²) >= 11 is 4.02. The van der Waals surface area contributed by atoms with E-state index in [0.29, 0.717) is 21.0 Å². The summed E-state index contributed by atoms with van der Waals surface area (Å²) in [6, 6.07) is 7.25. The summed E-state index contributed by atoms with van der Waals surface area (Å²) in [6.07, 6.45) is 1.71. The van der Waals surface area contributed by atoms with Crippen molar-refractivity contribution >= 4 is 46.1 Å². The first-order chi connectivity index (χ1) is 10.3. The molecule has 0 aromatic carbocycles. The molecule has 0 spiro atoms. The van der Waals surface area contributed by atoms with Crippen LogP contribution in [0.2, 0.25) is 0 Å². The minimum atomic E-state index is -0.811. The lowest BCUT2D eigenvalue weighted by Gasteiger charge is -2.27. The molecule has 0 amide bonds. The summed E-state index contributed by atoms with van der Waals surface area (Å²) in [5, 5.41) is 3.70. The van der Waals surface area contributed by atoms with Gasteiger partial charge in [0.15, 0.2) is 11.7 Å². The maximum Gasteiger partial charge on any atom is 0.185 e. The summed E-state index contributed by atoms with van der Waals surface area (Å²) in [5.74, 6) is -1.61. The summed E-state index contributed by atoms with van der Waals surface area (Å²) < 4.78 is 34.0. The van der Waals surface area contributed by atoms with Gasteiger partial charge in [-0.1, -0.05) is 12.1 Å². The van der Waals surface area contributed by atoms with E-state index in [1.165, 1.54) is 34.8 Å². The molecular formula is C14H8F2N2S3. The van der Waals surface area contributed by atoms with Crippen LogP contribution in [0.3, 0.4) is 0 Å². The van der Waals surface area contributed by atoms with Crippen molar-refractivity contribution in [3.05, 3.63) is 68.3 Å². The molecule has 4 heterocycles. The Morgan fingerprint density at radius 2 is 1.67 bits per heavy atom. The third-order valence-electron chi connectivity index (χ3n) is 3.16. The van der Waals surface area contributed by atoms with Gasteiger partial charge in [0.25, 0.3) is 0 Å². The van der Waals surface area contributed by atoms with Crippen molar-refractivity contribution in [2.75, 3.05) is 0 Å². The Labute approximate surface area is 132 Å². The Hall–Kier alpha value is -1.57. The normalized spacial score (nSPS) is 18.0. The second-order valence-electron chi connectivity index (χ2n) is 4.34. The van der Waals surface area contributed by atoms with Crippen molar-refractivity contribution in [2.24, 2.45) is 0 Å². The molecule has 21 heavy (non-hydrogen) atoms. The average molecular weight is 338 g/mol. The van der Waals surface area contributed by atoms with Crippen LogP contribution in [0.25, 0.3) is 11.3 Å². The van der Waals surface area contributed by atoms with E-state index in [1.807, 2.05) is 22.9 Å². The van der Waals surface area contributed by atoms with E-state index in [2.05, 4.69) is 4.72 Å². The molecule has 0 aliphatic carbocycles. The van der Waals surface area contributed by atoms with Crippen LogP contribution >= 0.6 is 34.8 Å². The summed E-state index contributed by atoms with van der Waals surface area (Å²) in [6.45, 7) is 0. The first-order valence-corrected chi connectivity index (χ1v) is 8.61. The van der Waals surface area contributed by atoms with Gasteiger partial charge in [-0.15, -0.1) is 22.7 Å². The van der Waals surface area contributed by atoms with Gasteiger partial charge in [0.05, 0.1) is 28.3 Å². The number of nitrogens with one attached hydrogen (secondary N) is 1. The highest BCUT2D eigenvalue weighted by Gasteiger charge is 2.37. The van der Waals surface area contributed by atoms with E-state index < -0.39 is 11.7 Å². The van der Waals surface area contributed by atoms with Gasteiger partial charge in [0, 0.05) is 11.1 Å². The molecular weight excluding hydrogens is 330 g/mol. The molecule has 2 aromatic heterocycles. The van der Waals surface area contributed by atoms with Crippen molar-refractivity contribution in [1.82, 2.24) is 9.03 Å². The van der Waals surface area contributed by atoms with Crippen LogP contribution in [0.4, 0.5) is 8.78 Å². The van der Waals surface area contributed by atoms with Gasteiger partial charge in [0.1, 0.15) is 5.70 Å². The summed E-state index contributed by atoms with van der Waals surface area (Å²) in [7, 11) is 0. The van der Waals surface area contributed by atoms with Gasteiger partial charge in [0.2, 0.25) is 0 Å². The van der Waals surface area contributed by atoms with Crippen molar-refractivity contribution in [2.45, 2.75) is 0 Å². The molecule has 0 saturated heterocycles. The quantitative estimate of drug-likeness (QED) is 0.762. The molecule has 2 nitrogen and oxygen atoms in total. The molecule has 2 aromatic rings. The zero-order valence-electron chi connectivity index (χ0n) is 10.5. The molecule has 0 unspecified atom stereocenters. The zero-order chi connectivity index (χ0) is 14.4. The number of hydrogen-bond donors (Lipinski definition) is 1. The highest BCUT2D eigenvalue weighted by Crippen LogP contribution is 2.50. The fraction of sp³-hybridized carbons (Fsp3) is 0. The number of thiophene rings is 2. The van der Waals surface area contributed by atoms with Crippen LogP contribution < -0.4 is 4.72 Å². The largest absolute Gasteiger partial charge is 0.316 e. The number of fused-ring (bicyclic) bond motifs is 1. The van der Waals surface area contributed by atoms with Gasteiger partial charge in [-0.25, -0.2) is 8.78 Å². The van der Waals surface area contributed by atoms with Crippen LogP contribution in [0.15, 0.2) is 58.6 Å². The highest BCUT2D eigenvalue weighted by molar-refractivity contribution is 7.95. The van der Waals surface area contributed by atoms with Gasteiger partial charge in [-0.3, -0.25) is 4.31 Å². The molecule has 0 bridgehead atoms. The molecule has 1 N–H and O–H groups in total. The predicted molar refractivity (Wildman–Crippen MR) is 85.3 cm³/mol. The van der Waals surface area contributed by atoms with Crippen molar-refractivity contribution < 1.29 is 8.78 Å². The maximum absolute atomic E-state index is 14.6. The van der Waals surface area contributed by atoms with E-state index in [1.54, 1.807) is 22.6 Å². The third kappa shape index (κ3) is 1.96. The standard InChI is InChI=1S/C14H8F2N2S3/c15-12-11(9-3-1-5-19-9)8-7-17-21-18(8)14(13(12)16)10-4-2-6-20-10/h1-7,17H. The summed E-state index contributed by atoms with van der Waals surface area (Å²) in [5.41, 5.74) is 1.22.